The van der Waals surface area contributed by atoms with Gasteiger partial charge in [0.2, 0.25) is 11.8 Å². The number of piperazine rings is 1. The number of aliphatic carboxylic acids is 1. The van der Waals surface area contributed by atoms with Gasteiger partial charge in [-0.25, -0.2) is 4.79 Å². The second-order valence-corrected chi connectivity index (χ2v) is 5.12. The van der Waals surface area contributed by atoms with Gasteiger partial charge in [-0.05, 0) is 19.8 Å². The molecule has 0 saturated carbocycles. The molecule has 0 aromatic rings. The SMILES string of the molecule is CC1C(=O)NC(=O)CN1C(=O)N1CCC[C@@H](C(=O)O)C1. The fourth-order valence-corrected chi connectivity index (χ4v) is 2.48. The summed E-state index contributed by atoms with van der Waals surface area (Å²) < 4.78 is 0. The van der Waals surface area contributed by atoms with Crippen molar-refractivity contribution in [3.05, 3.63) is 0 Å². The van der Waals surface area contributed by atoms with Crippen LogP contribution in [0.3, 0.4) is 0 Å². The van der Waals surface area contributed by atoms with Gasteiger partial charge in [0.1, 0.15) is 12.6 Å². The van der Waals surface area contributed by atoms with Gasteiger partial charge in [-0.2, -0.15) is 0 Å². The van der Waals surface area contributed by atoms with Gasteiger partial charge in [-0.1, -0.05) is 0 Å². The molecule has 0 spiro atoms. The summed E-state index contributed by atoms with van der Waals surface area (Å²) in [5.41, 5.74) is 0. The number of likely N-dealkylation sites (tertiary alicyclic amines) is 1. The highest BCUT2D eigenvalue weighted by Crippen LogP contribution is 2.19. The standard InChI is InChI=1S/C12H17N3O5/c1-7-10(17)13-9(16)6-15(7)12(20)14-4-2-3-8(5-14)11(18)19/h7-8H,2-6H2,1H3,(H,18,19)(H,13,16,17)/t7?,8-/m1/s1. The van der Waals surface area contributed by atoms with Crippen LogP contribution in [0.5, 0.6) is 0 Å². The molecule has 0 aromatic heterocycles. The van der Waals surface area contributed by atoms with Crippen molar-refractivity contribution in [3.63, 3.8) is 0 Å². The van der Waals surface area contributed by atoms with Crippen LogP contribution in [0.1, 0.15) is 19.8 Å². The number of nitrogens with zero attached hydrogens (tertiary/aromatic N) is 2. The summed E-state index contributed by atoms with van der Waals surface area (Å²) in [5.74, 6) is -2.55. The normalized spacial score (nSPS) is 27.2. The molecule has 2 heterocycles. The van der Waals surface area contributed by atoms with E-state index in [1.165, 1.54) is 16.7 Å². The predicted octanol–water partition coefficient (Wildman–Crippen LogP) is -0.750. The number of rotatable bonds is 1. The highest BCUT2D eigenvalue weighted by molar-refractivity contribution is 6.03. The molecule has 20 heavy (non-hydrogen) atoms. The molecule has 8 heteroatoms. The number of nitrogens with one attached hydrogen (secondary N) is 1. The first-order valence-electron chi connectivity index (χ1n) is 6.52. The lowest BCUT2D eigenvalue weighted by Crippen LogP contribution is -2.62. The van der Waals surface area contributed by atoms with Gasteiger partial charge in [-0.15, -0.1) is 0 Å². The van der Waals surface area contributed by atoms with E-state index in [9.17, 15) is 19.2 Å². The monoisotopic (exact) mass is 283 g/mol. The second-order valence-electron chi connectivity index (χ2n) is 5.12. The number of amides is 4. The average molecular weight is 283 g/mol. The molecule has 1 unspecified atom stereocenters. The lowest BCUT2D eigenvalue weighted by molar-refractivity contribution is -0.144. The van der Waals surface area contributed by atoms with Crippen molar-refractivity contribution >= 4 is 23.8 Å². The quantitative estimate of drug-likeness (QED) is 0.616. The number of hydrogen-bond acceptors (Lipinski definition) is 4. The fourth-order valence-electron chi connectivity index (χ4n) is 2.48. The van der Waals surface area contributed by atoms with E-state index in [1.54, 1.807) is 0 Å². The van der Waals surface area contributed by atoms with Gasteiger partial charge < -0.3 is 14.9 Å². The summed E-state index contributed by atoms with van der Waals surface area (Å²) in [6, 6.07) is -1.18. The highest BCUT2D eigenvalue weighted by Gasteiger charge is 2.37. The molecule has 4 amide bonds. The summed E-state index contributed by atoms with van der Waals surface area (Å²) in [4.78, 5) is 48.8. The van der Waals surface area contributed by atoms with E-state index in [-0.39, 0.29) is 13.1 Å². The first kappa shape index (κ1) is 14.3. The van der Waals surface area contributed by atoms with Gasteiger partial charge in [-0.3, -0.25) is 19.7 Å². The number of carboxylic acids is 1. The molecule has 2 fully saturated rings. The molecule has 0 aliphatic carbocycles. The lowest BCUT2D eigenvalue weighted by atomic mass is 9.98. The lowest BCUT2D eigenvalue weighted by Gasteiger charge is -2.38. The fraction of sp³-hybridized carbons (Fsp3) is 0.667. The zero-order chi connectivity index (χ0) is 14.9. The minimum atomic E-state index is -0.928. The van der Waals surface area contributed by atoms with Crippen LogP contribution in [-0.4, -0.2) is 64.4 Å². The van der Waals surface area contributed by atoms with Gasteiger partial charge >= 0.3 is 12.0 Å². The van der Waals surface area contributed by atoms with Crippen LogP contribution < -0.4 is 5.32 Å². The summed E-state index contributed by atoms with van der Waals surface area (Å²) in [6.45, 7) is 1.92. The van der Waals surface area contributed by atoms with E-state index < -0.39 is 35.8 Å². The van der Waals surface area contributed by atoms with Crippen LogP contribution in [0.25, 0.3) is 0 Å². The molecule has 2 N–H and O–H groups in total. The molecule has 110 valence electrons. The first-order valence-corrected chi connectivity index (χ1v) is 6.52. The summed E-state index contributed by atoms with van der Waals surface area (Å²) in [5, 5.41) is 11.2. The van der Waals surface area contributed by atoms with Crippen molar-refractivity contribution in [3.8, 4) is 0 Å². The number of urea groups is 1. The Morgan fingerprint density at radius 3 is 2.70 bits per heavy atom. The van der Waals surface area contributed by atoms with Crippen molar-refractivity contribution in [2.24, 2.45) is 5.92 Å². The summed E-state index contributed by atoms with van der Waals surface area (Å²) >= 11 is 0. The molecular formula is C12H17N3O5. The van der Waals surface area contributed by atoms with E-state index >= 15 is 0 Å². The minimum Gasteiger partial charge on any atom is -0.481 e. The van der Waals surface area contributed by atoms with E-state index in [2.05, 4.69) is 5.32 Å². The Balaban J connectivity index is 2.08. The molecular weight excluding hydrogens is 266 g/mol. The Morgan fingerprint density at radius 2 is 2.05 bits per heavy atom. The third-order valence-electron chi connectivity index (χ3n) is 3.71. The van der Waals surface area contributed by atoms with E-state index in [0.29, 0.717) is 19.4 Å². The average Bonchev–Trinajstić information content (AvgIpc) is 2.42. The predicted molar refractivity (Wildman–Crippen MR) is 66.6 cm³/mol. The molecule has 2 rings (SSSR count). The topological polar surface area (TPSA) is 107 Å². The van der Waals surface area contributed by atoms with E-state index in [1.807, 2.05) is 0 Å². The van der Waals surface area contributed by atoms with Crippen molar-refractivity contribution < 1.29 is 24.3 Å². The molecule has 8 nitrogen and oxygen atoms in total. The number of hydrogen-bond donors (Lipinski definition) is 2. The largest absolute Gasteiger partial charge is 0.481 e. The van der Waals surface area contributed by atoms with Crippen LogP contribution in [0.15, 0.2) is 0 Å². The van der Waals surface area contributed by atoms with Crippen molar-refractivity contribution in [1.82, 2.24) is 15.1 Å². The van der Waals surface area contributed by atoms with Crippen LogP contribution in [0, 0.1) is 5.92 Å². The van der Waals surface area contributed by atoms with Gasteiger partial charge in [0, 0.05) is 13.1 Å². The van der Waals surface area contributed by atoms with Gasteiger partial charge in [0.25, 0.3) is 0 Å². The number of imide groups is 1. The maximum absolute atomic E-state index is 12.3. The number of carbonyl (C=O) groups is 4. The van der Waals surface area contributed by atoms with Crippen LogP contribution >= 0.6 is 0 Å². The van der Waals surface area contributed by atoms with E-state index in [0.717, 1.165) is 0 Å². The molecule has 0 radical (unpaired) electrons. The smallest absolute Gasteiger partial charge is 0.321 e. The molecule has 0 aromatic carbocycles. The molecule has 2 saturated heterocycles. The molecule has 2 atom stereocenters. The third-order valence-corrected chi connectivity index (χ3v) is 3.71. The third kappa shape index (κ3) is 2.73. The van der Waals surface area contributed by atoms with Gasteiger partial charge in [0.15, 0.2) is 0 Å². The zero-order valence-electron chi connectivity index (χ0n) is 11.2. The maximum atomic E-state index is 12.3. The first-order chi connectivity index (χ1) is 9.40. The summed E-state index contributed by atoms with van der Waals surface area (Å²) in [7, 11) is 0. The Bertz CT molecular complexity index is 464. The number of carbonyl (C=O) groups excluding carboxylic acids is 3. The second kappa shape index (κ2) is 5.48. The minimum absolute atomic E-state index is 0.118. The Labute approximate surface area is 115 Å². The number of carboxylic acid groups (broad SMARTS) is 1. The van der Waals surface area contributed by atoms with Crippen molar-refractivity contribution in [2.45, 2.75) is 25.8 Å². The molecule has 0 bridgehead atoms. The van der Waals surface area contributed by atoms with Gasteiger partial charge in [0.05, 0.1) is 5.92 Å². The summed E-state index contributed by atoms with van der Waals surface area (Å²) in [6.07, 6.45) is 1.14. The van der Waals surface area contributed by atoms with Crippen LogP contribution in [0.2, 0.25) is 0 Å². The highest BCUT2D eigenvalue weighted by atomic mass is 16.4. The number of piperidine rings is 1. The molecule has 2 aliphatic rings. The Morgan fingerprint density at radius 1 is 1.35 bits per heavy atom. The van der Waals surface area contributed by atoms with E-state index in [4.69, 9.17) is 5.11 Å². The zero-order valence-corrected chi connectivity index (χ0v) is 11.2. The van der Waals surface area contributed by atoms with Crippen molar-refractivity contribution in [2.75, 3.05) is 19.6 Å². The Hall–Kier alpha value is -2.12. The Kier molecular flexibility index (Phi) is 3.91. The maximum Gasteiger partial charge on any atom is 0.321 e. The molecule has 2 aliphatic heterocycles. The van der Waals surface area contributed by atoms with Crippen molar-refractivity contribution in [1.29, 1.82) is 0 Å². The van der Waals surface area contributed by atoms with Crippen LogP contribution in [0.4, 0.5) is 4.79 Å². The van der Waals surface area contributed by atoms with Crippen LogP contribution in [-0.2, 0) is 14.4 Å².